The summed E-state index contributed by atoms with van der Waals surface area (Å²) in [5.41, 5.74) is 2.02. The van der Waals surface area contributed by atoms with Gasteiger partial charge in [0.25, 0.3) is 0 Å². The summed E-state index contributed by atoms with van der Waals surface area (Å²) in [4.78, 5) is 0. The normalized spacial score (nSPS) is 27.1. The molecule has 2 aromatic carbocycles. The van der Waals surface area contributed by atoms with Gasteiger partial charge in [0, 0.05) is 0 Å². The molecule has 0 amide bonds. The molecule has 3 rings (SSSR count). The molecule has 1 aliphatic rings. The van der Waals surface area contributed by atoms with Crippen LogP contribution in [0, 0.1) is 0 Å². The van der Waals surface area contributed by atoms with E-state index in [9.17, 15) is 10.2 Å². The second-order valence-corrected chi connectivity index (χ2v) is 5.81. The third kappa shape index (κ3) is 4.41. The maximum absolute atomic E-state index is 10.2. The van der Waals surface area contributed by atoms with E-state index in [4.69, 9.17) is 14.2 Å². The molecule has 1 aliphatic heterocycles. The predicted octanol–water partition coefficient (Wildman–Crippen LogP) is 1.87. The molecule has 128 valence electrons. The highest BCUT2D eigenvalue weighted by Crippen LogP contribution is 2.22. The Kier molecular flexibility index (Phi) is 5.96. The van der Waals surface area contributed by atoms with Gasteiger partial charge in [0.15, 0.2) is 6.29 Å². The fourth-order valence-electron chi connectivity index (χ4n) is 2.66. The molecule has 24 heavy (non-hydrogen) atoms. The Morgan fingerprint density at radius 1 is 0.833 bits per heavy atom. The highest BCUT2D eigenvalue weighted by atomic mass is 16.6. The maximum atomic E-state index is 10.2. The molecule has 1 heterocycles. The minimum atomic E-state index is -1.26. The van der Waals surface area contributed by atoms with Crippen LogP contribution in [0.1, 0.15) is 11.1 Å². The van der Waals surface area contributed by atoms with Crippen LogP contribution in [-0.2, 0) is 27.4 Å². The van der Waals surface area contributed by atoms with Crippen LogP contribution in [0.3, 0.4) is 0 Å². The lowest BCUT2D eigenvalue weighted by Crippen LogP contribution is -2.54. The Morgan fingerprint density at radius 3 is 1.96 bits per heavy atom. The number of hydrogen-bond acceptors (Lipinski definition) is 5. The molecule has 0 aliphatic carbocycles. The highest BCUT2D eigenvalue weighted by Gasteiger charge is 2.40. The first-order valence-corrected chi connectivity index (χ1v) is 8.03. The second-order valence-electron chi connectivity index (χ2n) is 5.81. The van der Waals surface area contributed by atoms with Crippen molar-refractivity contribution in [2.75, 3.05) is 6.61 Å². The van der Waals surface area contributed by atoms with Crippen LogP contribution in [0.4, 0.5) is 0 Å². The molecule has 5 nitrogen and oxygen atoms in total. The molecule has 0 spiro atoms. The number of hydrogen-bond donors (Lipinski definition) is 2. The van der Waals surface area contributed by atoms with Gasteiger partial charge < -0.3 is 24.4 Å². The van der Waals surface area contributed by atoms with Gasteiger partial charge in [-0.15, -0.1) is 0 Å². The van der Waals surface area contributed by atoms with Gasteiger partial charge >= 0.3 is 0 Å². The van der Waals surface area contributed by atoms with E-state index in [2.05, 4.69) is 0 Å². The molecule has 5 heteroatoms. The third-order valence-electron chi connectivity index (χ3n) is 4.02. The van der Waals surface area contributed by atoms with Crippen molar-refractivity contribution in [2.45, 2.75) is 37.8 Å². The van der Waals surface area contributed by atoms with Gasteiger partial charge in [-0.3, -0.25) is 0 Å². The molecular formula is C19H22O5. The first-order chi connectivity index (χ1) is 11.7. The Hall–Kier alpha value is -1.76. The summed E-state index contributed by atoms with van der Waals surface area (Å²) in [6.07, 6.45) is -3.52. The Morgan fingerprint density at radius 2 is 1.38 bits per heavy atom. The lowest BCUT2D eigenvalue weighted by molar-refractivity contribution is -0.273. The topological polar surface area (TPSA) is 68.2 Å². The smallest absolute Gasteiger partial charge is 0.183 e. The van der Waals surface area contributed by atoms with Gasteiger partial charge in [-0.05, 0) is 11.1 Å². The summed E-state index contributed by atoms with van der Waals surface area (Å²) < 4.78 is 16.9. The molecule has 0 radical (unpaired) electrons. The van der Waals surface area contributed by atoms with E-state index in [1.807, 2.05) is 60.7 Å². The Balaban J connectivity index is 1.61. The van der Waals surface area contributed by atoms with Crippen LogP contribution in [-0.4, -0.2) is 41.4 Å². The average molecular weight is 330 g/mol. The summed E-state index contributed by atoms with van der Waals surface area (Å²) >= 11 is 0. The summed E-state index contributed by atoms with van der Waals surface area (Å²) in [6.45, 7) is 0.897. The van der Waals surface area contributed by atoms with E-state index in [-0.39, 0.29) is 6.61 Å². The number of benzene rings is 2. The van der Waals surface area contributed by atoms with Crippen LogP contribution in [0.5, 0.6) is 0 Å². The zero-order valence-electron chi connectivity index (χ0n) is 13.3. The molecule has 2 N–H and O–H groups in total. The van der Waals surface area contributed by atoms with Gasteiger partial charge in [0.05, 0.1) is 19.8 Å². The fraction of sp³-hybridized carbons (Fsp3) is 0.368. The quantitative estimate of drug-likeness (QED) is 0.846. The van der Waals surface area contributed by atoms with Gasteiger partial charge in [-0.1, -0.05) is 60.7 Å². The standard InChI is InChI=1S/C19H22O5/c20-17-18(23-12-15-9-5-2-6-10-15)16(13-24-19(17)21)22-11-14-7-3-1-4-8-14/h1-10,16-21H,11-13H2/t16-,17+,18-,19+/m0/s1. The monoisotopic (exact) mass is 330 g/mol. The summed E-state index contributed by atoms with van der Waals surface area (Å²) in [6, 6.07) is 19.4. The third-order valence-corrected chi connectivity index (χ3v) is 4.02. The van der Waals surface area contributed by atoms with Gasteiger partial charge in [-0.25, -0.2) is 0 Å². The summed E-state index contributed by atoms with van der Waals surface area (Å²) in [5, 5.41) is 19.9. The molecule has 0 bridgehead atoms. The average Bonchev–Trinajstić information content (AvgIpc) is 2.63. The van der Waals surface area contributed by atoms with Crippen molar-refractivity contribution in [1.29, 1.82) is 0 Å². The molecule has 1 saturated heterocycles. The lowest BCUT2D eigenvalue weighted by Gasteiger charge is -2.37. The van der Waals surface area contributed by atoms with Crippen LogP contribution < -0.4 is 0 Å². The summed E-state index contributed by atoms with van der Waals surface area (Å²) in [5.74, 6) is 0. The largest absolute Gasteiger partial charge is 0.385 e. The van der Waals surface area contributed by atoms with Crippen molar-refractivity contribution in [3.05, 3.63) is 71.8 Å². The second kappa shape index (κ2) is 8.37. The van der Waals surface area contributed by atoms with Gasteiger partial charge in [-0.2, -0.15) is 0 Å². The van der Waals surface area contributed by atoms with E-state index < -0.39 is 24.6 Å². The first kappa shape index (κ1) is 17.1. The van der Waals surface area contributed by atoms with Crippen molar-refractivity contribution >= 4 is 0 Å². The van der Waals surface area contributed by atoms with Crippen molar-refractivity contribution in [3.63, 3.8) is 0 Å². The Labute approximate surface area is 141 Å². The molecule has 0 aromatic heterocycles. The molecule has 2 aromatic rings. The minimum Gasteiger partial charge on any atom is -0.385 e. The SMILES string of the molecule is O[C@@H]1[C@@H](OCc2ccccc2)[C@@H](OCc2ccccc2)CO[C@H]1O. The first-order valence-electron chi connectivity index (χ1n) is 8.03. The van der Waals surface area contributed by atoms with E-state index in [0.717, 1.165) is 11.1 Å². The lowest BCUT2D eigenvalue weighted by atomic mass is 10.0. The van der Waals surface area contributed by atoms with Gasteiger partial charge in [0.1, 0.15) is 18.3 Å². The van der Waals surface area contributed by atoms with Crippen molar-refractivity contribution < 1.29 is 24.4 Å². The maximum Gasteiger partial charge on any atom is 0.183 e. The van der Waals surface area contributed by atoms with E-state index >= 15 is 0 Å². The number of rotatable bonds is 6. The summed E-state index contributed by atoms with van der Waals surface area (Å²) in [7, 11) is 0. The van der Waals surface area contributed by atoms with Crippen molar-refractivity contribution in [2.24, 2.45) is 0 Å². The molecule has 1 fully saturated rings. The number of aliphatic hydroxyl groups is 2. The number of ether oxygens (including phenoxy) is 3. The predicted molar refractivity (Wildman–Crippen MR) is 88.0 cm³/mol. The zero-order chi connectivity index (χ0) is 16.8. The molecule has 4 atom stereocenters. The van der Waals surface area contributed by atoms with Crippen LogP contribution in [0.25, 0.3) is 0 Å². The van der Waals surface area contributed by atoms with Crippen LogP contribution in [0.2, 0.25) is 0 Å². The van der Waals surface area contributed by atoms with Gasteiger partial charge in [0.2, 0.25) is 0 Å². The molecule has 0 saturated carbocycles. The number of aliphatic hydroxyl groups excluding tert-OH is 2. The van der Waals surface area contributed by atoms with Crippen molar-refractivity contribution in [3.8, 4) is 0 Å². The van der Waals surface area contributed by atoms with E-state index in [1.54, 1.807) is 0 Å². The van der Waals surface area contributed by atoms with E-state index in [0.29, 0.717) is 13.2 Å². The molecular weight excluding hydrogens is 308 g/mol. The highest BCUT2D eigenvalue weighted by molar-refractivity contribution is 5.14. The molecule has 0 unspecified atom stereocenters. The minimum absolute atomic E-state index is 0.171. The van der Waals surface area contributed by atoms with Crippen LogP contribution >= 0.6 is 0 Å². The van der Waals surface area contributed by atoms with Crippen LogP contribution in [0.15, 0.2) is 60.7 Å². The fourth-order valence-corrected chi connectivity index (χ4v) is 2.66. The Bertz CT molecular complexity index is 604. The van der Waals surface area contributed by atoms with E-state index in [1.165, 1.54) is 0 Å². The zero-order valence-corrected chi connectivity index (χ0v) is 13.3. The van der Waals surface area contributed by atoms with Crippen molar-refractivity contribution in [1.82, 2.24) is 0 Å².